The van der Waals surface area contributed by atoms with Crippen LogP contribution in [0.1, 0.15) is 11.5 Å². The Labute approximate surface area is 161 Å². The van der Waals surface area contributed by atoms with Crippen LogP contribution in [0.2, 0.25) is 0 Å². The number of ether oxygens (including phenoxy) is 1. The molecule has 0 aliphatic rings. The van der Waals surface area contributed by atoms with Gasteiger partial charge in [-0.3, -0.25) is 4.57 Å². The molecule has 0 aliphatic carbocycles. The molecule has 2 heterocycles. The van der Waals surface area contributed by atoms with Gasteiger partial charge >= 0.3 is 0 Å². The number of thioether (sulfide) groups is 1. The van der Waals surface area contributed by atoms with Crippen LogP contribution in [0.5, 0.6) is 5.75 Å². The second-order valence-electron chi connectivity index (χ2n) is 5.94. The standard InChI is InChI=1S/C20H18N4O2S/c1-14-3-7-16(8-4-14)24-12-11-21-20(24)27-13-18-22-19(23-26-18)15-5-9-17(25-2)10-6-15/h3-12H,13H2,1-2H3. The van der Waals surface area contributed by atoms with E-state index in [1.807, 2.05) is 35.0 Å². The van der Waals surface area contributed by atoms with E-state index in [1.165, 1.54) is 5.56 Å². The van der Waals surface area contributed by atoms with Crippen LogP contribution in [-0.4, -0.2) is 26.8 Å². The van der Waals surface area contributed by atoms with Crippen LogP contribution in [0.4, 0.5) is 0 Å². The predicted molar refractivity (Wildman–Crippen MR) is 104 cm³/mol. The fourth-order valence-electron chi connectivity index (χ4n) is 2.60. The van der Waals surface area contributed by atoms with Crippen molar-refractivity contribution in [2.75, 3.05) is 7.11 Å². The van der Waals surface area contributed by atoms with Gasteiger partial charge in [-0.1, -0.05) is 34.6 Å². The molecule has 0 aliphatic heterocycles. The third-order valence-corrected chi connectivity index (χ3v) is 5.01. The van der Waals surface area contributed by atoms with Crippen molar-refractivity contribution in [1.29, 1.82) is 0 Å². The number of aryl methyl sites for hydroxylation is 1. The third-order valence-electron chi connectivity index (χ3n) is 4.06. The molecule has 0 atom stereocenters. The van der Waals surface area contributed by atoms with Crippen molar-refractivity contribution in [3.8, 4) is 22.8 Å². The van der Waals surface area contributed by atoms with Gasteiger partial charge in [0.15, 0.2) is 5.16 Å². The Morgan fingerprint density at radius 1 is 1.07 bits per heavy atom. The molecule has 0 fully saturated rings. The number of methoxy groups -OCH3 is 1. The summed E-state index contributed by atoms with van der Waals surface area (Å²) in [6, 6.07) is 15.9. The van der Waals surface area contributed by atoms with Crippen LogP contribution in [-0.2, 0) is 5.75 Å². The quantitative estimate of drug-likeness (QED) is 0.459. The van der Waals surface area contributed by atoms with Crippen LogP contribution in [0, 0.1) is 6.92 Å². The van der Waals surface area contributed by atoms with E-state index < -0.39 is 0 Å². The number of rotatable bonds is 6. The van der Waals surface area contributed by atoms with E-state index in [-0.39, 0.29) is 0 Å². The summed E-state index contributed by atoms with van der Waals surface area (Å²) in [6.45, 7) is 2.07. The van der Waals surface area contributed by atoms with Gasteiger partial charge in [0.25, 0.3) is 0 Å². The summed E-state index contributed by atoms with van der Waals surface area (Å²) in [7, 11) is 1.64. The Balaban J connectivity index is 1.46. The first-order valence-corrected chi connectivity index (χ1v) is 9.42. The van der Waals surface area contributed by atoms with Crippen molar-refractivity contribution < 1.29 is 9.26 Å². The Hall–Kier alpha value is -3.06. The van der Waals surface area contributed by atoms with Gasteiger partial charge in [-0.15, -0.1) is 0 Å². The highest BCUT2D eigenvalue weighted by molar-refractivity contribution is 7.98. The molecular formula is C20H18N4O2S. The molecule has 6 nitrogen and oxygen atoms in total. The number of nitrogens with zero attached hydrogens (tertiary/aromatic N) is 4. The van der Waals surface area contributed by atoms with Crippen molar-refractivity contribution in [3.63, 3.8) is 0 Å². The van der Waals surface area contributed by atoms with Gasteiger partial charge in [0.2, 0.25) is 11.7 Å². The van der Waals surface area contributed by atoms with E-state index in [4.69, 9.17) is 9.26 Å². The number of aromatic nitrogens is 4. The number of imidazole rings is 1. The van der Waals surface area contributed by atoms with Gasteiger partial charge in [-0.25, -0.2) is 4.98 Å². The van der Waals surface area contributed by atoms with E-state index >= 15 is 0 Å². The molecule has 0 amide bonds. The number of benzene rings is 2. The molecule has 2 aromatic heterocycles. The van der Waals surface area contributed by atoms with Crippen molar-refractivity contribution in [1.82, 2.24) is 19.7 Å². The highest BCUT2D eigenvalue weighted by Gasteiger charge is 2.12. The Morgan fingerprint density at radius 2 is 1.85 bits per heavy atom. The summed E-state index contributed by atoms with van der Waals surface area (Å²) in [5.41, 5.74) is 3.19. The van der Waals surface area contributed by atoms with Crippen LogP contribution in [0.3, 0.4) is 0 Å². The molecule has 4 aromatic rings. The lowest BCUT2D eigenvalue weighted by atomic mass is 10.2. The van der Waals surface area contributed by atoms with Gasteiger partial charge in [0.05, 0.1) is 12.9 Å². The van der Waals surface area contributed by atoms with Gasteiger partial charge in [0.1, 0.15) is 5.75 Å². The van der Waals surface area contributed by atoms with Gasteiger partial charge in [0, 0.05) is 23.6 Å². The van der Waals surface area contributed by atoms with Gasteiger partial charge in [-0.2, -0.15) is 4.98 Å². The Kier molecular flexibility index (Phi) is 4.93. The summed E-state index contributed by atoms with van der Waals surface area (Å²) in [6.07, 6.45) is 3.74. The average Bonchev–Trinajstić information content (AvgIpc) is 3.36. The lowest BCUT2D eigenvalue weighted by Gasteiger charge is -2.06. The summed E-state index contributed by atoms with van der Waals surface area (Å²) >= 11 is 1.56. The molecule has 0 radical (unpaired) electrons. The van der Waals surface area contributed by atoms with E-state index in [0.29, 0.717) is 17.5 Å². The normalized spacial score (nSPS) is 10.9. The zero-order chi connectivity index (χ0) is 18.6. The predicted octanol–water partition coefficient (Wildman–Crippen LogP) is 4.53. The molecule has 0 bridgehead atoms. The van der Waals surface area contributed by atoms with Crippen molar-refractivity contribution in [2.24, 2.45) is 0 Å². The first-order chi connectivity index (χ1) is 13.2. The van der Waals surface area contributed by atoms with E-state index in [0.717, 1.165) is 22.2 Å². The molecule has 0 saturated carbocycles. The first kappa shape index (κ1) is 17.4. The van der Waals surface area contributed by atoms with Gasteiger partial charge in [-0.05, 0) is 43.3 Å². The zero-order valence-corrected chi connectivity index (χ0v) is 15.8. The second kappa shape index (κ2) is 7.67. The maximum Gasteiger partial charge on any atom is 0.237 e. The maximum absolute atomic E-state index is 5.39. The molecule has 0 N–H and O–H groups in total. The molecular weight excluding hydrogens is 360 g/mol. The molecule has 2 aromatic carbocycles. The molecule has 4 rings (SSSR count). The van der Waals surface area contributed by atoms with Crippen molar-refractivity contribution >= 4 is 11.8 Å². The minimum atomic E-state index is 0.548. The third kappa shape index (κ3) is 3.88. The molecule has 0 spiro atoms. The monoisotopic (exact) mass is 378 g/mol. The van der Waals surface area contributed by atoms with E-state index in [2.05, 4.69) is 46.3 Å². The summed E-state index contributed by atoms with van der Waals surface area (Å²) in [4.78, 5) is 8.91. The van der Waals surface area contributed by atoms with Crippen LogP contribution >= 0.6 is 11.8 Å². The van der Waals surface area contributed by atoms with Crippen LogP contribution in [0.15, 0.2) is 70.6 Å². The average molecular weight is 378 g/mol. The SMILES string of the molecule is COc1ccc(-c2noc(CSc3nccn3-c3ccc(C)cc3)n2)cc1. The van der Waals surface area contributed by atoms with Crippen LogP contribution < -0.4 is 4.74 Å². The smallest absolute Gasteiger partial charge is 0.237 e. The van der Waals surface area contributed by atoms with Gasteiger partial charge < -0.3 is 9.26 Å². The fourth-order valence-corrected chi connectivity index (χ4v) is 3.41. The summed E-state index contributed by atoms with van der Waals surface area (Å²) in [5, 5.41) is 4.94. The second-order valence-corrected chi connectivity index (χ2v) is 6.89. The summed E-state index contributed by atoms with van der Waals surface area (Å²) in [5.74, 6) is 2.46. The minimum Gasteiger partial charge on any atom is -0.497 e. The topological polar surface area (TPSA) is 66.0 Å². The van der Waals surface area contributed by atoms with E-state index in [1.54, 1.807) is 25.1 Å². The minimum absolute atomic E-state index is 0.548. The molecule has 0 saturated heterocycles. The van der Waals surface area contributed by atoms with Crippen LogP contribution in [0.25, 0.3) is 17.1 Å². The Bertz CT molecular complexity index is 1020. The largest absolute Gasteiger partial charge is 0.497 e. The molecule has 0 unspecified atom stereocenters. The maximum atomic E-state index is 5.39. The van der Waals surface area contributed by atoms with Crippen molar-refractivity contribution in [2.45, 2.75) is 17.8 Å². The lowest BCUT2D eigenvalue weighted by molar-refractivity contribution is 0.391. The Morgan fingerprint density at radius 3 is 2.59 bits per heavy atom. The number of hydrogen-bond acceptors (Lipinski definition) is 6. The number of hydrogen-bond donors (Lipinski definition) is 0. The lowest BCUT2D eigenvalue weighted by Crippen LogP contribution is -1.95. The zero-order valence-electron chi connectivity index (χ0n) is 15.0. The van der Waals surface area contributed by atoms with E-state index in [9.17, 15) is 0 Å². The molecule has 136 valence electrons. The molecule has 27 heavy (non-hydrogen) atoms. The highest BCUT2D eigenvalue weighted by Crippen LogP contribution is 2.25. The highest BCUT2D eigenvalue weighted by atomic mass is 32.2. The first-order valence-electron chi connectivity index (χ1n) is 8.43. The summed E-state index contributed by atoms with van der Waals surface area (Å²) < 4.78 is 12.6. The van der Waals surface area contributed by atoms with Crippen molar-refractivity contribution in [3.05, 3.63) is 72.4 Å². The fraction of sp³-hybridized carbons (Fsp3) is 0.150. The molecule has 7 heteroatoms.